The van der Waals surface area contributed by atoms with Gasteiger partial charge >= 0.3 is 0 Å². The zero-order valence-corrected chi connectivity index (χ0v) is 9.79. The molecule has 0 radical (unpaired) electrons. The maximum absolute atomic E-state index is 11.6. The van der Waals surface area contributed by atoms with E-state index in [1.807, 2.05) is 0 Å². The van der Waals surface area contributed by atoms with Crippen LogP contribution in [-0.4, -0.2) is 28.1 Å². The molecule has 16 heavy (non-hydrogen) atoms. The second kappa shape index (κ2) is 4.99. The monoisotopic (exact) mass is 244 g/mol. The van der Waals surface area contributed by atoms with E-state index >= 15 is 0 Å². The van der Waals surface area contributed by atoms with E-state index in [0.717, 1.165) is 25.9 Å². The number of sulfonamides is 1. The van der Waals surface area contributed by atoms with Gasteiger partial charge in [0.2, 0.25) is 5.09 Å². The lowest BCUT2D eigenvalue weighted by Crippen LogP contribution is -2.26. The third-order valence-electron chi connectivity index (χ3n) is 2.77. The molecule has 2 N–H and O–H groups in total. The molecule has 1 saturated heterocycles. The smallest absolute Gasteiger partial charge is 0.273 e. The van der Waals surface area contributed by atoms with E-state index in [1.165, 1.54) is 12.3 Å². The fourth-order valence-corrected chi connectivity index (χ4v) is 2.81. The van der Waals surface area contributed by atoms with Crippen LogP contribution in [0.2, 0.25) is 0 Å². The summed E-state index contributed by atoms with van der Waals surface area (Å²) in [6, 6.07) is 3.01. The maximum Gasteiger partial charge on any atom is 0.273 e. The van der Waals surface area contributed by atoms with Crippen LogP contribution >= 0.6 is 0 Å². The van der Waals surface area contributed by atoms with Crippen molar-refractivity contribution in [3.63, 3.8) is 0 Å². The summed E-state index contributed by atoms with van der Waals surface area (Å²) in [6.45, 7) is 2.49. The SMILES string of the molecule is O=S(=O)(NCCC1CCNC1)c1ccco1. The quantitative estimate of drug-likeness (QED) is 0.794. The summed E-state index contributed by atoms with van der Waals surface area (Å²) < 4.78 is 30.7. The van der Waals surface area contributed by atoms with Crippen LogP contribution in [0.15, 0.2) is 27.9 Å². The van der Waals surface area contributed by atoms with Gasteiger partial charge in [0.05, 0.1) is 6.26 Å². The molecule has 1 aromatic heterocycles. The first kappa shape index (κ1) is 11.6. The molecule has 0 spiro atoms. The van der Waals surface area contributed by atoms with Crippen molar-refractivity contribution in [3.05, 3.63) is 18.4 Å². The zero-order valence-electron chi connectivity index (χ0n) is 8.98. The minimum atomic E-state index is -3.45. The number of hydrogen-bond donors (Lipinski definition) is 2. The van der Waals surface area contributed by atoms with Crippen LogP contribution in [0.3, 0.4) is 0 Å². The Morgan fingerprint density at radius 3 is 3.06 bits per heavy atom. The third kappa shape index (κ3) is 2.84. The number of furan rings is 1. The predicted octanol–water partition coefficient (Wildman–Crippen LogP) is 0.557. The summed E-state index contributed by atoms with van der Waals surface area (Å²) >= 11 is 0. The standard InChI is InChI=1S/C10H16N2O3S/c13-16(14,10-2-1-7-15-10)12-6-4-9-3-5-11-8-9/h1-2,7,9,11-12H,3-6,8H2. The van der Waals surface area contributed by atoms with E-state index in [0.29, 0.717) is 12.5 Å². The van der Waals surface area contributed by atoms with E-state index in [-0.39, 0.29) is 5.09 Å². The van der Waals surface area contributed by atoms with Crippen molar-refractivity contribution in [1.82, 2.24) is 10.0 Å². The maximum atomic E-state index is 11.6. The van der Waals surface area contributed by atoms with Crippen molar-refractivity contribution in [3.8, 4) is 0 Å². The van der Waals surface area contributed by atoms with Gasteiger partial charge in [0.1, 0.15) is 0 Å². The van der Waals surface area contributed by atoms with Gasteiger partial charge in [-0.2, -0.15) is 0 Å². The van der Waals surface area contributed by atoms with Gasteiger partial charge in [-0.25, -0.2) is 13.1 Å². The predicted molar refractivity (Wildman–Crippen MR) is 59.5 cm³/mol. The first-order chi connectivity index (χ1) is 7.68. The number of hydrogen-bond acceptors (Lipinski definition) is 4. The molecule has 0 amide bonds. The molecule has 90 valence electrons. The highest BCUT2D eigenvalue weighted by molar-refractivity contribution is 7.89. The van der Waals surface area contributed by atoms with Gasteiger partial charge in [0.15, 0.2) is 0 Å². The fourth-order valence-electron chi connectivity index (χ4n) is 1.85. The Kier molecular flexibility index (Phi) is 3.63. The largest absolute Gasteiger partial charge is 0.452 e. The average molecular weight is 244 g/mol. The molecule has 5 nitrogen and oxygen atoms in total. The highest BCUT2D eigenvalue weighted by atomic mass is 32.2. The lowest BCUT2D eigenvalue weighted by Gasteiger charge is -2.08. The molecule has 6 heteroatoms. The van der Waals surface area contributed by atoms with Crippen LogP contribution in [0.4, 0.5) is 0 Å². The van der Waals surface area contributed by atoms with Crippen LogP contribution < -0.4 is 10.0 Å². The molecule has 1 aromatic rings. The van der Waals surface area contributed by atoms with E-state index in [9.17, 15) is 8.42 Å². The van der Waals surface area contributed by atoms with Gasteiger partial charge in [0.25, 0.3) is 10.0 Å². The number of rotatable bonds is 5. The fraction of sp³-hybridized carbons (Fsp3) is 0.600. The molecule has 0 bridgehead atoms. The van der Waals surface area contributed by atoms with Crippen molar-refractivity contribution in [2.24, 2.45) is 5.92 Å². The van der Waals surface area contributed by atoms with Crippen molar-refractivity contribution in [1.29, 1.82) is 0 Å². The Balaban J connectivity index is 1.81. The molecule has 1 aliphatic heterocycles. The molecule has 1 atom stereocenters. The van der Waals surface area contributed by atoms with Gasteiger partial charge in [-0.3, -0.25) is 0 Å². The molecule has 0 saturated carbocycles. The topological polar surface area (TPSA) is 71.3 Å². The lowest BCUT2D eigenvalue weighted by molar-refractivity contribution is 0.443. The summed E-state index contributed by atoms with van der Waals surface area (Å²) in [4.78, 5) is 0. The molecule has 0 aromatic carbocycles. The average Bonchev–Trinajstić information content (AvgIpc) is 2.90. The Bertz CT molecular complexity index is 407. The van der Waals surface area contributed by atoms with Crippen LogP contribution in [0, 0.1) is 5.92 Å². The Labute approximate surface area is 95.3 Å². The first-order valence-corrected chi connectivity index (χ1v) is 6.91. The van der Waals surface area contributed by atoms with Gasteiger partial charge in [-0.1, -0.05) is 0 Å². The first-order valence-electron chi connectivity index (χ1n) is 5.42. The molecule has 1 fully saturated rings. The van der Waals surface area contributed by atoms with E-state index < -0.39 is 10.0 Å². The Hall–Kier alpha value is -0.850. The minimum Gasteiger partial charge on any atom is -0.452 e. The van der Waals surface area contributed by atoms with Crippen LogP contribution in [0.5, 0.6) is 0 Å². The van der Waals surface area contributed by atoms with Crippen molar-refractivity contribution in [2.45, 2.75) is 17.9 Å². The van der Waals surface area contributed by atoms with Crippen LogP contribution in [-0.2, 0) is 10.0 Å². The molecular formula is C10H16N2O3S. The van der Waals surface area contributed by atoms with Crippen molar-refractivity contribution in [2.75, 3.05) is 19.6 Å². The number of nitrogens with one attached hydrogen (secondary N) is 2. The normalized spacial score (nSPS) is 21.4. The lowest BCUT2D eigenvalue weighted by atomic mass is 10.1. The summed E-state index contributed by atoms with van der Waals surface area (Å²) in [5.74, 6) is 0.583. The van der Waals surface area contributed by atoms with Gasteiger partial charge in [0, 0.05) is 6.54 Å². The van der Waals surface area contributed by atoms with Gasteiger partial charge < -0.3 is 9.73 Å². The second-order valence-electron chi connectivity index (χ2n) is 3.98. The van der Waals surface area contributed by atoms with E-state index in [1.54, 1.807) is 6.07 Å². The highest BCUT2D eigenvalue weighted by Gasteiger charge is 2.18. The molecule has 2 rings (SSSR count). The van der Waals surface area contributed by atoms with Gasteiger partial charge in [-0.05, 0) is 44.0 Å². The van der Waals surface area contributed by atoms with E-state index in [2.05, 4.69) is 10.0 Å². The highest BCUT2D eigenvalue weighted by Crippen LogP contribution is 2.12. The third-order valence-corrected chi connectivity index (χ3v) is 4.11. The zero-order chi connectivity index (χ0) is 11.4. The molecule has 2 heterocycles. The van der Waals surface area contributed by atoms with Crippen molar-refractivity contribution >= 4 is 10.0 Å². The molecule has 0 aliphatic carbocycles. The van der Waals surface area contributed by atoms with Crippen molar-refractivity contribution < 1.29 is 12.8 Å². The summed E-state index contributed by atoms with van der Waals surface area (Å²) in [5.41, 5.74) is 0. The molecular weight excluding hydrogens is 228 g/mol. The van der Waals surface area contributed by atoms with Crippen LogP contribution in [0.1, 0.15) is 12.8 Å². The Morgan fingerprint density at radius 1 is 1.56 bits per heavy atom. The van der Waals surface area contributed by atoms with Crippen LogP contribution in [0.25, 0.3) is 0 Å². The summed E-state index contributed by atoms with van der Waals surface area (Å²) in [5, 5.41) is 3.24. The second-order valence-corrected chi connectivity index (χ2v) is 5.68. The summed E-state index contributed by atoms with van der Waals surface area (Å²) in [7, 11) is -3.45. The minimum absolute atomic E-state index is 0.0166. The Morgan fingerprint density at radius 2 is 2.44 bits per heavy atom. The summed E-state index contributed by atoms with van der Waals surface area (Å²) in [6.07, 6.45) is 3.35. The van der Waals surface area contributed by atoms with E-state index in [4.69, 9.17) is 4.42 Å². The molecule has 1 aliphatic rings. The van der Waals surface area contributed by atoms with Gasteiger partial charge in [-0.15, -0.1) is 0 Å². The molecule has 1 unspecified atom stereocenters.